The number of allylic oxidation sites excluding steroid dienone is 1. The maximum absolute atomic E-state index is 9.25. The summed E-state index contributed by atoms with van der Waals surface area (Å²) >= 11 is 0. The minimum Gasteiger partial charge on any atom is -0.493 e. The lowest BCUT2D eigenvalue weighted by Gasteiger charge is -2.08. The molecule has 4 nitrogen and oxygen atoms in total. The summed E-state index contributed by atoms with van der Waals surface area (Å²) in [4.78, 5) is 4.18. The predicted octanol–water partition coefficient (Wildman–Crippen LogP) is 3.16. The Labute approximate surface area is 117 Å². The van der Waals surface area contributed by atoms with E-state index in [4.69, 9.17) is 9.47 Å². The molecule has 0 aliphatic rings. The van der Waals surface area contributed by atoms with Crippen molar-refractivity contribution < 1.29 is 9.47 Å². The first-order chi connectivity index (χ1) is 9.78. The third-order valence-corrected chi connectivity index (χ3v) is 2.78. The lowest BCUT2D eigenvalue weighted by molar-refractivity contribution is 0.355. The summed E-state index contributed by atoms with van der Waals surface area (Å²) < 4.78 is 10.4. The van der Waals surface area contributed by atoms with Gasteiger partial charge in [-0.15, -0.1) is 0 Å². The molecular weight excluding hydrogens is 252 g/mol. The van der Waals surface area contributed by atoms with Crippen LogP contribution in [0.15, 0.2) is 42.6 Å². The Morgan fingerprint density at radius 3 is 2.55 bits per heavy atom. The van der Waals surface area contributed by atoms with E-state index in [1.807, 2.05) is 24.3 Å². The molecule has 0 aliphatic heterocycles. The molecule has 2 rings (SSSR count). The van der Waals surface area contributed by atoms with Crippen LogP contribution in [0.2, 0.25) is 0 Å². The van der Waals surface area contributed by atoms with E-state index in [1.165, 1.54) is 0 Å². The van der Waals surface area contributed by atoms with Crippen molar-refractivity contribution >= 4 is 11.6 Å². The number of hydrogen-bond acceptors (Lipinski definition) is 4. The molecule has 0 fully saturated rings. The Bertz CT molecular complexity index is 658. The van der Waals surface area contributed by atoms with Crippen LogP contribution >= 0.6 is 0 Å². The van der Waals surface area contributed by atoms with Gasteiger partial charge in [0, 0.05) is 6.20 Å². The summed E-state index contributed by atoms with van der Waals surface area (Å²) in [6.07, 6.45) is 3.43. The molecule has 0 N–H and O–H groups in total. The average molecular weight is 266 g/mol. The number of rotatable bonds is 4. The van der Waals surface area contributed by atoms with Crippen LogP contribution in [0.4, 0.5) is 0 Å². The molecule has 1 aromatic heterocycles. The molecule has 1 heterocycles. The standard InChI is InChI=1S/C16H14N2O2/c1-19-15-7-6-12(10-16(15)20-2)9-13(11-17)14-5-3-4-8-18-14/h3-10H,1-2H3/b13-9-. The molecule has 0 saturated carbocycles. The molecule has 0 saturated heterocycles. The van der Waals surface area contributed by atoms with Gasteiger partial charge in [0.25, 0.3) is 0 Å². The number of methoxy groups -OCH3 is 2. The topological polar surface area (TPSA) is 55.1 Å². The molecule has 2 aromatic rings. The van der Waals surface area contributed by atoms with Crippen molar-refractivity contribution in [2.75, 3.05) is 14.2 Å². The second kappa shape index (κ2) is 6.39. The summed E-state index contributed by atoms with van der Waals surface area (Å²) in [5, 5.41) is 9.25. The van der Waals surface area contributed by atoms with Crippen LogP contribution in [0.3, 0.4) is 0 Å². The molecule has 0 atom stereocenters. The molecule has 100 valence electrons. The van der Waals surface area contributed by atoms with Crippen LogP contribution in [0.25, 0.3) is 11.6 Å². The fourth-order valence-corrected chi connectivity index (χ4v) is 1.79. The van der Waals surface area contributed by atoms with Gasteiger partial charge in [-0.05, 0) is 35.9 Å². The number of hydrogen-bond donors (Lipinski definition) is 0. The van der Waals surface area contributed by atoms with E-state index in [2.05, 4.69) is 11.1 Å². The van der Waals surface area contributed by atoms with E-state index in [-0.39, 0.29) is 0 Å². The number of benzene rings is 1. The van der Waals surface area contributed by atoms with E-state index in [0.717, 1.165) is 5.56 Å². The van der Waals surface area contributed by atoms with Crippen LogP contribution in [-0.4, -0.2) is 19.2 Å². The minimum atomic E-state index is 0.498. The van der Waals surface area contributed by atoms with Crippen LogP contribution in [0.1, 0.15) is 11.3 Å². The Morgan fingerprint density at radius 1 is 1.15 bits per heavy atom. The van der Waals surface area contributed by atoms with Gasteiger partial charge in [-0.25, -0.2) is 0 Å². The highest BCUT2D eigenvalue weighted by Crippen LogP contribution is 2.29. The van der Waals surface area contributed by atoms with Crippen molar-refractivity contribution in [2.24, 2.45) is 0 Å². The first-order valence-corrected chi connectivity index (χ1v) is 6.03. The molecule has 0 radical (unpaired) electrons. The largest absolute Gasteiger partial charge is 0.493 e. The van der Waals surface area contributed by atoms with Crippen LogP contribution in [0.5, 0.6) is 11.5 Å². The summed E-state index contributed by atoms with van der Waals surface area (Å²) in [6.45, 7) is 0. The van der Waals surface area contributed by atoms with Crippen molar-refractivity contribution in [3.63, 3.8) is 0 Å². The van der Waals surface area contributed by atoms with Crippen molar-refractivity contribution in [2.45, 2.75) is 0 Å². The molecule has 0 amide bonds. The molecule has 0 aliphatic carbocycles. The number of ether oxygens (including phenoxy) is 2. The van der Waals surface area contributed by atoms with Gasteiger partial charge in [-0.2, -0.15) is 5.26 Å². The zero-order valence-corrected chi connectivity index (χ0v) is 11.3. The predicted molar refractivity (Wildman–Crippen MR) is 77.3 cm³/mol. The van der Waals surface area contributed by atoms with Crippen molar-refractivity contribution in [1.82, 2.24) is 4.98 Å². The molecular formula is C16H14N2O2. The number of pyridine rings is 1. The van der Waals surface area contributed by atoms with Gasteiger partial charge in [0.05, 0.1) is 25.5 Å². The maximum Gasteiger partial charge on any atom is 0.161 e. The Kier molecular flexibility index (Phi) is 4.35. The summed E-state index contributed by atoms with van der Waals surface area (Å²) in [5.74, 6) is 1.28. The smallest absolute Gasteiger partial charge is 0.161 e. The Morgan fingerprint density at radius 2 is 1.95 bits per heavy atom. The lowest BCUT2D eigenvalue weighted by atomic mass is 10.1. The van der Waals surface area contributed by atoms with E-state index in [9.17, 15) is 5.26 Å². The van der Waals surface area contributed by atoms with Gasteiger partial charge in [0.15, 0.2) is 11.5 Å². The van der Waals surface area contributed by atoms with Gasteiger partial charge in [-0.3, -0.25) is 4.98 Å². The van der Waals surface area contributed by atoms with Gasteiger partial charge in [-0.1, -0.05) is 12.1 Å². The van der Waals surface area contributed by atoms with Crippen LogP contribution < -0.4 is 9.47 Å². The van der Waals surface area contributed by atoms with Gasteiger partial charge >= 0.3 is 0 Å². The quantitative estimate of drug-likeness (QED) is 0.798. The number of nitriles is 1. The van der Waals surface area contributed by atoms with E-state index < -0.39 is 0 Å². The SMILES string of the molecule is COc1ccc(/C=C(/C#N)c2ccccn2)cc1OC. The molecule has 20 heavy (non-hydrogen) atoms. The van der Waals surface area contributed by atoms with Gasteiger partial charge in [0.1, 0.15) is 6.07 Å². The highest BCUT2D eigenvalue weighted by atomic mass is 16.5. The highest BCUT2D eigenvalue weighted by molar-refractivity contribution is 5.88. The summed E-state index contributed by atoms with van der Waals surface area (Å²) in [6, 6.07) is 13.1. The normalized spacial score (nSPS) is 10.8. The highest BCUT2D eigenvalue weighted by Gasteiger charge is 2.06. The molecule has 0 bridgehead atoms. The fraction of sp³-hybridized carbons (Fsp3) is 0.125. The molecule has 4 heteroatoms. The molecule has 0 spiro atoms. The first-order valence-electron chi connectivity index (χ1n) is 6.03. The zero-order chi connectivity index (χ0) is 14.4. The van der Waals surface area contributed by atoms with Gasteiger partial charge in [0.2, 0.25) is 0 Å². The average Bonchev–Trinajstić information content (AvgIpc) is 2.53. The summed E-state index contributed by atoms with van der Waals surface area (Å²) in [5.41, 5.74) is 1.99. The molecule has 0 unspecified atom stereocenters. The zero-order valence-electron chi connectivity index (χ0n) is 11.3. The van der Waals surface area contributed by atoms with E-state index >= 15 is 0 Å². The van der Waals surface area contributed by atoms with Crippen molar-refractivity contribution in [3.05, 3.63) is 53.9 Å². The van der Waals surface area contributed by atoms with E-state index in [0.29, 0.717) is 22.8 Å². The Hall–Kier alpha value is -2.80. The Balaban J connectivity index is 2.41. The third-order valence-electron chi connectivity index (χ3n) is 2.78. The maximum atomic E-state index is 9.25. The van der Waals surface area contributed by atoms with Crippen LogP contribution in [-0.2, 0) is 0 Å². The van der Waals surface area contributed by atoms with Crippen molar-refractivity contribution in [3.8, 4) is 17.6 Å². The van der Waals surface area contributed by atoms with E-state index in [1.54, 1.807) is 38.6 Å². The monoisotopic (exact) mass is 266 g/mol. The first kappa shape index (κ1) is 13.6. The number of nitrogens with zero attached hydrogens (tertiary/aromatic N) is 2. The number of aromatic nitrogens is 1. The van der Waals surface area contributed by atoms with Crippen LogP contribution in [0, 0.1) is 11.3 Å². The second-order valence-corrected chi connectivity index (χ2v) is 4.00. The second-order valence-electron chi connectivity index (χ2n) is 4.00. The van der Waals surface area contributed by atoms with Crippen molar-refractivity contribution in [1.29, 1.82) is 5.26 Å². The fourth-order valence-electron chi connectivity index (χ4n) is 1.79. The summed E-state index contributed by atoms with van der Waals surface area (Å²) in [7, 11) is 3.16. The minimum absolute atomic E-state index is 0.498. The lowest BCUT2D eigenvalue weighted by Crippen LogP contribution is -1.91. The van der Waals surface area contributed by atoms with Gasteiger partial charge < -0.3 is 9.47 Å². The molecule has 1 aromatic carbocycles. The third kappa shape index (κ3) is 2.96.